The summed E-state index contributed by atoms with van der Waals surface area (Å²) in [5.74, 6) is -0.115. The molecule has 2 N–H and O–H groups in total. The number of carbonyl (C=O) groups is 3. The minimum atomic E-state index is -0.609. The molecule has 0 radical (unpaired) electrons. The van der Waals surface area contributed by atoms with Crippen LogP contribution in [0, 0.1) is 0 Å². The van der Waals surface area contributed by atoms with E-state index in [1.54, 1.807) is 32.3 Å². The molecule has 0 aromatic heterocycles. The number of hydrazine groups is 1. The van der Waals surface area contributed by atoms with Gasteiger partial charge in [0.25, 0.3) is 17.7 Å². The van der Waals surface area contributed by atoms with Crippen LogP contribution in [-0.4, -0.2) is 63.1 Å². The van der Waals surface area contributed by atoms with Crippen molar-refractivity contribution in [2.24, 2.45) is 0 Å². The number of para-hydroxylation sites is 1. The number of hydrogen-bond acceptors (Lipinski definition) is 7. The Morgan fingerprint density at radius 1 is 0.765 bits per heavy atom. The lowest BCUT2D eigenvalue weighted by Crippen LogP contribution is -2.41. The number of rotatable bonds is 11. The van der Waals surface area contributed by atoms with Crippen LogP contribution < -0.4 is 29.8 Å². The second-order valence-electron chi connectivity index (χ2n) is 7.08. The molecule has 0 aliphatic carbocycles. The number of likely N-dealkylation sites (N-methyl/N-ethyl adjacent to an activating group) is 1. The third kappa shape index (κ3) is 7.03. The van der Waals surface area contributed by atoms with E-state index in [1.165, 1.54) is 23.1 Å². The van der Waals surface area contributed by atoms with Crippen LogP contribution in [0.15, 0.2) is 36.4 Å². The summed E-state index contributed by atoms with van der Waals surface area (Å²) in [6.45, 7) is 6.35. The van der Waals surface area contributed by atoms with Crippen LogP contribution in [-0.2, 0) is 4.79 Å². The van der Waals surface area contributed by atoms with Gasteiger partial charge in [-0.3, -0.25) is 25.2 Å². The van der Waals surface area contributed by atoms with Gasteiger partial charge in [-0.2, -0.15) is 0 Å². The van der Waals surface area contributed by atoms with Gasteiger partial charge in [-0.25, -0.2) is 0 Å². The van der Waals surface area contributed by atoms with Gasteiger partial charge in [0.05, 0.1) is 25.4 Å². The maximum atomic E-state index is 12.8. The highest BCUT2D eigenvalue weighted by molar-refractivity contribution is 6.01. The summed E-state index contributed by atoms with van der Waals surface area (Å²) in [7, 11) is 3.21. The lowest BCUT2D eigenvalue weighted by molar-refractivity contribution is -0.130. The minimum absolute atomic E-state index is 0.158. The van der Waals surface area contributed by atoms with Crippen LogP contribution in [0.2, 0.25) is 0 Å². The summed E-state index contributed by atoms with van der Waals surface area (Å²) in [4.78, 5) is 38.6. The first-order valence-electron chi connectivity index (χ1n) is 10.9. The zero-order valence-corrected chi connectivity index (χ0v) is 20.1. The van der Waals surface area contributed by atoms with Crippen LogP contribution >= 0.6 is 0 Å². The molecule has 10 heteroatoms. The number of ether oxygens (including phenoxy) is 4. The first-order valence-corrected chi connectivity index (χ1v) is 10.9. The molecule has 10 nitrogen and oxygen atoms in total. The molecule has 2 rings (SSSR count). The van der Waals surface area contributed by atoms with E-state index < -0.39 is 11.8 Å². The van der Waals surface area contributed by atoms with Crippen LogP contribution in [0.4, 0.5) is 0 Å². The molecule has 2 aromatic carbocycles. The van der Waals surface area contributed by atoms with Crippen molar-refractivity contribution in [1.29, 1.82) is 0 Å². The van der Waals surface area contributed by atoms with Crippen LogP contribution in [0.1, 0.15) is 41.5 Å². The zero-order chi connectivity index (χ0) is 25.1. The predicted molar refractivity (Wildman–Crippen MR) is 126 cm³/mol. The molecule has 0 saturated heterocycles. The Hall–Kier alpha value is -3.95. The Morgan fingerprint density at radius 2 is 1.32 bits per heavy atom. The molecule has 0 bridgehead atoms. The highest BCUT2D eigenvalue weighted by atomic mass is 16.5. The number of benzene rings is 2. The maximum Gasteiger partial charge on any atom is 0.273 e. The van der Waals surface area contributed by atoms with E-state index >= 15 is 0 Å². The Balaban J connectivity index is 2.17. The SMILES string of the molecule is CCOc1cc(C(=O)NNC(=O)c2ccccc2OCC(=O)N(C)C)cc(OCC)c1OCC. The molecule has 3 amide bonds. The fraction of sp³-hybridized carbons (Fsp3) is 0.375. The Kier molecular flexibility index (Phi) is 10.0. The van der Waals surface area contributed by atoms with Crippen molar-refractivity contribution in [3.8, 4) is 23.0 Å². The van der Waals surface area contributed by atoms with E-state index in [4.69, 9.17) is 18.9 Å². The van der Waals surface area contributed by atoms with Crippen molar-refractivity contribution in [2.45, 2.75) is 20.8 Å². The largest absolute Gasteiger partial charge is 0.490 e. The van der Waals surface area contributed by atoms with Crippen molar-refractivity contribution in [1.82, 2.24) is 15.8 Å². The van der Waals surface area contributed by atoms with E-state index in [1.807, 2.05) is 20.8 Å². The first-order chi connectivity index (χ1) is 16.3. The molecule has 0 aliphatic heterocycles. The molecule has 184 valence electrons. The number of nitrogens with one attached hydrogen (secondary N) is 2. The number of nitrogens with zero attached hydrogens (tertiary/aromatic N) is 1. The fourth-order valence-corrected chi connectivity index (χ4v) is 2.82. The second-order valence-corrected chi connectivity index (χ2v) is 7.08. The van der Waals surface area contributed by atoms with Crippen LogP contribution in [0.5, 0.6) is 23.0 Å². The molecular weight excluding hydrogens is 442 g/mol. The van der Waals surface area contributed by atoms with Gasteiger partial charge in [0.15, 0.2) is 18.1 Å². The summed E-state index contributed by atoms with van der Waals surface area (Å²) in [5.41, 5.74) is 5.10. The van der Waals surface area contributed by atoms with Gasteiger partial charge in [-0.05, 0) is 45.0 Å². The first kappa shape index (κ1) is 26.3. The molecule has 0 heterocycles. The maximum absolute atomic E-state index is 12.8. The smallest absolute Gasteiger partial charge is 0.273 e. The lowest BCUT2D eigenvalue weighted by Gasteiger charge is -2.17. The van der Waals surface area contributed by atoms with Gasteiger partial charge in [0, 0.05) is 19.7 Å². The van der Waals surface area contributed by atoms with Crippen molar-refractivity contribution in [3.63, 3.8) is 0 Å². The van der Waals surface area contributed by atoms with E-state index in [-0.39, 0.29) is 29.4 Å². The monoisotopic (exact) mass is 473 g/mol. The number of carbonyl (C=O) groups excluding carboxylic acids is 3. The molecule has 0 saturated carbocycles. The molecule has 0 atom stereocenters. The summed E-state index contributed by atoms with van der Waals surface area (Å²) >= 11 is 0. The van der Waals surface area contributed by atoms with E-state index in [2.05, 4.69) is 10.9 Å². The second kappa shape index (κ2) is 12.9. The molecule has 0 fully saturated rings. The van der Waals surface area contributed by atoms with Crippen LogP contribution in [0.3, 0.4) is 0 Å². The third-order valence-corrected chi connectivity index (χ3v) is 4.44. The fourth-order valence-electron chi connectivity index (χ4n) is 2.82. The van der Waals surface area contributed by atoms with Crippen molar-refractivity contribution in [2.75, 3.05) is 40.5 Å². The molecule has 0 spiro atoms. The van der Waals surface area contributed by atoms with E-state index in [0.29, 0.717) is 37.1 Å². The Bertz CT molecular complexity index is 981. The molecule has 0 aliphatic rings. The quantitative estimate of drug-likeness (QED) is 0.482. The minimum Gasteiger partial charge on any atom is -0.490 e. The van der Waals surface area contributed by atoms with Gasteiger partial charge in [0.1, 0.15) is 5.75 Å². The Labute approximate surface area is 199 Å². The summed E-state index contributed by atoms with van der Waals surface area (Å²) in [5, 5.41) is 0. The molecule has 34 heavy (non-hydrogen) atoms. The van der Waals surface area contributed by atoms with Crippen molar-refractivity contribution < 1.29 is 33.3 Å². The Morgan fingerprint density at radius 3 is 1.88 bits per heavy atom. The number of amides is 3. The van der Waals surface area contributed by atoms with Gasteiger partial charge >= 0.3 is 0 Å². The van der Waals surface area contributed by atoms with Crippen LogP contribution in [0.25, 0.3) is 0 Å². The van der Waals surface area contributed by atoms with Gasteiger partial charge in [-0.1, -0.05) is 12.1 Å². The predicted octanol–water partition coefficient (Wildman–Crippen LogP) is 2.42. The normalized spacial score (nSPS) is 10.1. The summed E-state index contributed by atoms with van der Waals surface area (Å²) in [6, 6.07) is 9.44. The lowest BCUT2D eigenvalue weighted by atomic mass is 10.1. The van der Waals surface area contributed by atoms with Gasteiger partial charge < -0.3 is 23.8 Å². The van der Waals surface area contributed by atoms with Crippen molar-refractivity contribution in [3.05, 3.63) is 47.5 Å². The van der Waals surface area contributed by atoms with E-state index in [9.17, 15) is 14.4 Å². The van der Waals surface area contributed by atoms with Gasteiger partial charge in [-0.15, -0.1) is 0 Å². The molecular formula is C24H31N3O7. The number of hydrogen-bond donors (Lipinski definition) is 2. The third-order valence-electron chi connectivity index (χ3n) is 4.44. The highest BCUT2D eigenvalue weighted by Gasteiger charge is 2.20. The van der Waals surface area contributed by atoms with E-state index in [0.717, 1.165) is 0 Å². The standard InChI is InChI=1S/C24H31N3O7/c1-6-31-19-13-16(14-20(32-7-2)22(19)33-8-3)23(29)25-26-24(30)17-11-9-10-12-18(17)34-15-21(28)27(4)5/h9-14H,6-8,15H2,1-5H3,(H,25,29)(H,26,30). The average molecular weight is 474 g/mol. The zero-order valence-electron chi connectivity index (χ0n) is 20.1. The van der Waals surface area contributed by atoms with Crippen molar-refractivity contribution >= 4 is 17.7 Å². The summed E-state index contributed by atoms with van der Waals surface area (Å²) in [6.07, 6.45) is 0. The topological polar surface area (TPSA) is 115 Å². The average Bonchev–Trinajstić information content (AvgIpc) is 2.82. The molecule has 2 aromatic rings. The van der Waals surface area contributed by atoms with Gasteiger partial charge in [0.2, 0.25) is 5.75 Å². The summed E-state index contributed by atoms with van der Waals surface area (Å²) < 4.78 is 22.4. The highest BCUT2D eigenvalue weighted by Crippen LogP contribution is 2.39. The molecule has 0 unspecified atom stereocenters.